The number of anilines is 1. The van der Waals surface area contributed by atoms with Crippen molar-refractivity contribution in [3.8, 4) is 0 Å². The number of hydrogen-bond donors (Lipinski definition) is 2. The van der Waals surface area contributed by atoms with E-state index in [1.807, 2.05) is 0 Å². The summed E-state index contributed by atoms with van der Waals surface area (Å²) >= 11 is 0. The third-order valence-electron chi connectivity index (χ3n) is 3.18. The van der Waals surface area contributed by atoms with Crippen molar-refractivity contribution in [2.24, 2.45) is 5.41 Å². The lowest BCUT2D eigenvalue weighted by Gasteiger charge is -2.38. The SMILES string of the molecule is O=C(Nc1cccc(F)c1)C1(CO)CCC1. The van der Waals surface area contributed by atoms with Gasteiger partial charge in [-0.05, 0) is 31.0 Å². The van der Waals surface area contributed by atoms with Crippen LogP contribution in [0.5, 0.6) is 0 Å². The van der Waals surface area contributed by atoms with Crippen molar-refractivity contribution < 1.29 is 14.3 Å². The molecule has 0 radical (unpaired) electrons. The number of carbonyl (C=O) groups is 1. The van der Waals surface area contributed by atoms with Crippen molar-refractivity contribution in [2.75, 3.05) is 11.9 Å². The summed E-state index contributed by atoms with van der Waals surface area (Å²) in [6, 6.07) is 5.75. The Morgan fingerprint density at radius 3 is 2.75 bits per heavy atom. The fourth-order valence-electron chi connectivity index (χ4n) is 1.89. The summed E-state index contributed by atoms with van der Waals surface area (Å²) in [7, 11) is 0. The number of rotatable bonds is 3. The minimum atomic E-state index is -0.647. The molecule has 1 fully saturated rings. The van der Waals surface area contributed by atoms with Gasteiger partial charge in [0.15, 0.2) is 0 Å². The van der Waals surface area contributed by atoms with E-state index in [4.69, 9.17) is 0 Å². The van der Waals surface area contributed by atoms with Crippen LogP contribution >= 0.6 is 0 Å². The van der Waals surface area contributed by atoms with Crippen LogP contribution in [0, 0.1) is 11.2 Å². The standard InChI is InChI=1S/C12H14FNO2/c13-9-3-1-4-10(7-9)14-11(16)12(8-15)5-2-6-12/h1,3-4,7,15H,2,5-6,8H2,(H,14,16). The Bertz CT molecular complexity index is 396. The molecular formula is C12H14FNO2. The number of nitrogens with one attached hydrogen (secondary N) is 1. The van der Waals surface area contributed by atoms with Gasteiger partial charge < -0.3 is 10.4 Å². The van der Waals surface area contributed by atoms with Crippen LogP contribution in [0.3, 0.4) is 0 Å². The second kappa shape index (κ2) is 4.22. The zero-order valence-electron chi connectivity index (χ0n) is 8.87. The summed E-state index contributed by atoms with van der Waals surface area (Å²) in [4.78, 5) is 11.9. The zero-order valence-corrected chi connectivity index (χ0v) is 8.87. The topological polar surface area (TPSA) is 49.3 Å². The van der Waals surface area contributed by atoms with Gasteiger partial charge in [0.2, 0.25) is 5.91 Å². The number of carbonyl (C=O) groups excluding carboxylic acids is 1. The van der Waals surface area contributed by atoms with E-state index >= 15 is 0 Å². The van der Waals surface area contributed by atoms with Crippen molar-refractivity contribution in [3.63, 3.8) is 0 Å². The quantitative estimate of drug-likeness (QED) is 0.822. The monoisotopic (exact) mass is 223 g/mol. The van der Waals surface area contributed by atoms with E-state index in [0.29, 0.717) is 18.5 Å². The van der Waals surface area contributed by atoms with Crippen LogP contribution in [0.4, 0.5) is 10.1 Å². The molecule has 0 heterocycles. The first-order valence-electron chi connectivity index (χ1n) is 5.34. The number of hydrogen-bond acceptors (Lipinski definition) is 2. The van der Waals surface area contributed by atoms with Gasteiger partial charge in [-0.15, -0.1) is 0 Å². The summed E-state index contributed by atoms with van der Waals surface area (Å²) in [6.45, 7) is -0.145. The summed E-state index contributed by atoms with van der Waals surface area (Å²) in [5.74, 6) is -0.601. The summed E-state index contributed by atoms with van der Waals surface area (Å²) in [5.41, 5.74) is -0.212. The van der Waals surface area contributed by atoms with Gasteiger partial charge in [0, 0.05) is 5.69 Å². The number of halogens is 1. The van der Waals surface area contributed by atoms with Gasteiger partial charge >= 0.3 is 0 Å². The number of benzene rings is 1. The Kier molecular flexibility index (Phi) is 2.92. The van der Waals surface area contributed by atoms with Gasteiger partial charge in [-0.2, -0.15) is 0 Å². The third kappa shape index (κ3) is 1.93. The molecule has 4 heteroatoms. The molecule has 1 aliphatic rings. The zero-order chi connectivity index (χ0) is 11.6. The molecule has 2 N–H and O–H groups in total. The lowest BCUT2D eigenvalue weighted by Crippen LogP contribution is -2.44. The van der Waals surface area contributed by atoms with E-state index in [2.05, 4.69) is 5.32 Å². The first kappa shape index (κ1) is 11.1. The molecule has 1 aromatic rings. The molecule has 1 amide bonds. The highest BCUT2D eigenvalue weighted by molar-refractivity contribution is 5.96. The molecule has 0 spiro atoms. The van der Waals surface area contributed by atoms with E-state index in [0.717, 1.165) is 6.42 Å². The Hall–Kier alpha value is -1.42. The predicted molar refractivity (Wildman–Crippen MR) is 58.4 cm³/mol. The molecule has 86 valence electrons. The highest BCUT2D eigenvalue weighted by Crippen LogP contribution is 2.41. The van der Waals surface area contributed by atoms with Gasteiger partial charge in [-0.1, -0.05) is 12.5 Å². The van der Waals surface area contributed by atoms with Crippen LogP contribution < -0.4 is 5.32 Å². The molecule has 0 bridgehead atoms. The van der Waals surface area contributed by atoms with E-state index in [9.17, 15) is 14.3 Å². The first-order chi connectivity index (χ1) is 7.66. The second-order valence-corrected chi connectivity index (χ2v) is 4.26. The molecule has 0 atom stereocenters. The highest BCUT2D eigenvalue weighted by atomic mass is 19.1. The van der Waals surface area contributed by atoms with Gasteiger partial charge in [-0.3, -0.25) is 4.79 Å². The smallest absolute Gasteiger partial charge is 0.232 e. The molecule has 0 unspecified atom stereocenters. The van der Waals surface area contributed by atoms with Crippen molar-refractivity contribution in [2.45, 2.75) is 19.3 Å². The number of aliphatic hydroxyl groups excluding tert-OH is 1. The van der Waals surface area contributed by atoms with Crippen LogP contribution in [0.2, 0.25) is 0 Å². The average Bonchev–Trinajstić information content (AvgIpc) is 2.16. The Morgan fingerprint density at radius 1 is 1.50 bits per heavy atom. The number of aliphatic hydroxyl groups is 1. The van der Waals surface area contributed by atoms with E-state index in [1.165, 1.54) is 18.2 Å². The fraction of sp³-hybridized carbons (Fsp3) is 0.417. The third-order valence-corrected chi connectivity index (χ3v) is 3.18. The van der Waals surface area contributed by atoms with Gasteiger partial charge in [-0.25, -0.2) is 4.39 Å². The minimum Gasteiger partial charge on any atom is -0.395 e. The molecule has 0 saturated heterocycles. The molecule has 1 aromatic carbocycles. The van der Waals surface area contributed by atoms with E-state index in [-0.39, 0.29) is 18.3 Å². The lowest BCUT2D eigenvalue weighted by molar-refractivity contribution is -0.133. The first-order valence-corrected chi connectivity index (χ1v) is 5.34. The van der Waals surface area contributed by atoms with Crippen LogP contribution in [-0.4, -0.2) is 17.6 Å². The number of amides is 1. The van der Waals surface area contributed by atoms with Crippen molar-refractivity contribution in [3.05, 3.63) is 30.1 Å². The molecule has 1 saturated carbocycles. The van der Waals surface area contributed by atoms with Crippen LogP contribution in [0.1, 0.15) is 19.3 Å². The van der Waals surface area contributed by atoms with Gasteiger partial charge in [0.05, 0.1) is 12.0 Å². The summed E-state index contributed by atoms with van der Waals surface area (Å²) < 4.78 is 12.9. The van der Waals surface area contributed by atoms with Crippen LogP contribution in [0.15, 0.2) is 24.3 Å². The molecule has 0 aromatic heterocycles. The molecule has 16 heavy (non-hydrogen) atoms. The second-order valence-electron chi connectivity index (χ2n) is 4.26. The largest absolute Gasteiger partial charge is 0.395 e. The van der Waals surface area contributed by atoms with Crippen molar-refractivity contribution >= 4 is 11.6 Å². The Labute approximate surface area is 93.3 Å². The van der Waals surface area contributed by atoms with Crippen LogP contribution in [0.25, 0.3) is 0 Å². The van der Waals surface area contributed by atoms with E-state index in [1.54, 1.807) is 6.07 Å². The van der Waals surface area contributed by atoms with Crippen molar-refractivity contribution in [1.82, 2.24) is 0 Å². The predicted octanol–water partition coefficient (Wildman–Crippen LogP) is 1.93. The summed E-state index contributed by atoms with van der Waals surface area (Å²) in [5, 5.41) is 11.8. The van der Waals surface area contributed by atoms with Gasteiger partial charge in [0.1, 0.15) is 5.82 Å². The van der Waals surface area contributed by atoms with Crippen LogP contribution in [-0.2, 0) is 4.79 Å². The molecule has 3 nitrogen and oxygen atoms in total. The summed E-state index contributed by atoms with van der Waals surface area (Å²) in [6.07, 6.45) is 2.35. The van der Waals surface area contributed by atoms with Crippen molar-refractivity contribution in [1.29, 1.82) is 0 Å². The molecule has 2 rings (SSSR count). The van der Waals surface area contributed by atoms with Gasteiger partial charge in [0.25, 0.3) is 0 Å². The molecular weight excluding hydrogens is 209 g/mol. The maximum atomic E-state index is 12.9. The molecule has 1 aliphatic carbocycles. The molecule has 0 aliphatic heterocycles. The maximum Gasteiger partial charge on any atom is 0.232 e. The maximum absolute atomic E-state index is 12.9. The highest BCUT2D eigenvalue weighted by Gasteiger charge is 2.43. The Morgan fingerprint density at radius 2 is 2.25 bits per heavy atom. The minimum absolute atomic E-state index is 0.145. The normalized spacial score (nSPS) is 17.6. The lowest BCUT2D eigenvalue weighted by atomic mass is 9.68. The average molecular weight is 223 g/mol. The fourth-order valence-corrected chi connectivity index (χ4v) is 1.89. The Balaban J connectivity index is 2.07. The van der Waals surface area contributed by atoms with E-state index < -0.39 is 5.41 Å².